The van der Waals surface area contributed by atoms with Gasteiger partial charge in [-0.2, -0.15) is 4.39 Å². The van der Waals surface area contributed by atoms with E-state index < -0.39 is 16.9 Å². The topological polar surface area (TPSA) is 38.3 Å². The lowest BCUT2D eigenvalue weighted by atomic mass is 10.2. The van der Waals surface area contributed by atoms with Gasteiger partial charge in [0.2, 0.25) is 0 Å². The minimum Gasteiger partial charge on any atom is -0.444 e. The molecule has 1 N–H and O–H groups in total. The lowest BCUT2D eigenvalue weighted by Crippen LogP contribution is -2.41. The van der Waals surface area contributed by atoms with E-state index in [2.05, 4.69) is 15.9 Å². The van der Waals surface area contributed by atoms with Crippen LogP contribution >= 0.6 is 27.5 Å². The fourth-order valence-electron chi connectivity index (χ4n) is 1.19. The molecular formula is C12H14BrClFNO2. The van der Waals surface area contributed by atoms with E-state index in [4.69, 9.17) is 16.3 Å². The number of benzene rings is 1. The third-order valence-electron chi connectivity index (χ3n) is 1.85. The molecule has 6 heteroatoms. The van der Waals surface area contributed by atoms with E-state index in [-0.39, 0.29) is 5.56 Å². The molecule has 100 valence electrons. The smallest absolute Gasteiger partial charge is 0.411 e. The molecule has 1 amide bonds. The number of hydrogen-bond acceptors (Lipinski definition) is 2. The number of alkyl carbamates (subject to hydrolysis) is 1. The van der Waals surface area contributed by atoms with Gasteiger partial charge in [0.1, 0.15) is 5.60 Å². The van der Waals surface area contributed by atoms with Gasteiger partial charge in [-0.25, -0.2) is 4.79 Å². The third kappa shape index (κ3) is 4.82. The number of rotatable bonds is 2. The van der Waals surface area contributed by atoms with Crippen LogP contribution in [-0.4, -0.2) is 11.7 Å². The molecule has 0 saturated carbocycles. The normalized spacial score (nSPS) is 14.8. The van der Waals surface area contributed by atoms with Crippen LogP contribution in [0.15, 0.2) is 28.7 Å². The van der Waals surface area contributed by atoms with Crippen LogP contribution in [0.25, 0.3) is 0 Å². The van der Waals surface area contributed by atoms with Crippen molar-refractivity contribution >= 4 is 33.6 Å². The van der Waals surface area contributed by atoms with E-state index in [0.717, 1.165) is 0 Å². The number of ether oxygens (including phenoxy) is 1. The Hall–Kier alpha value is -0.810. The lowest BCUT2D eigenvalue weighted by molar-refractivity contribution is 0.0413. The highest BCUT2D eigenvalue weighted by Gasteiger charge is 2.33. The molecule has 1 aromatic carbocycles. The number of alkyl halides is 2. The second-order valence-electron chi connectivity index (χ2n) is 4.71. The van der Waals surface area contributed by atoms with Crippen LogP contribution in [0.1, 0.15) is 26.3 Å². The number of carbonyl (C=O) groups excluding carboxylic acids is 1. The van der Waals surface area contributed by atoms with Gasteiger partial charge in [0.15, 0.2) is 0 Å². The molecule has 1 aromatic rings. The predicted molar refractivity (Wildman–Crippen MR) is 72.2 cm³/mol. The van der Waals surface area contributed by atoms with Crippen molar-refractivity contribution in [2.45, 2.75) is 31.6 Å². The highest BCUT2D eigenvalue weighted by molar-refractivity contribution is 9.10. The summed E-state index contributed by atoms with van der Waals surface area (Å²) in [6.45, 7) is 5.04. The van der Waals surface area contributed by atoms with Crippen molar-refractivity contribution in [2.75, 3.05) is 0 Å². The summed E-state index contributed by atoms with van der Waals surface area (Å²) in [7, 11) is 0. The largest absolute Gasteiger partial charge is 0.444 e. The standard InChI is InChI=1S/C12H14BrClFNO2/c1-11(2,3)18-10(17)16-12(14,15)8-5-4-6-9(13)7-8/h4-7H,1-3H3,(H,16,17). The van der Waals surface area contributed by atoms with Gasteiger partial charge in [0.05, 0.1) is 0 Å². The number of halogens is 3. The van der Waals surface area contributed by atoms with Crippen molar-refractivity contribution in [3.8, 4) is 0 Å². The van der Waals surface area contributed by atoms with Crippen LogP contribution in [0.3, 0.4) is 0 Å². The third-order valence-corrected chi connectivity index (χ3v) is 2.65. The molecule has 0 aliphatic rings. The predicted octanol–water partition coefficient (Wildman–Crippen LogP) is 4.29. The van der Waals surface area contributed by atoms with Gasteiger partial charge in [0, 0.05) is 10.0 Å². The summed E-state index contributed by atoms with van der Waals surface area (Å²) in [5.74, 6) is 0. The molecule has 0 aromatic heterocycles. The SMILES string of the molecule is CC(C)(C)OC(=O)NC(F)(Cl)c1cccc(Br)c1. The summed E-state index contributed by atoms with van der Waals surface area (Å²) in [6, 6.07) is 6.29. The van der Waals surface area contributed by atoms with E-state index >= 15 is 0 Å². The van der Waals surface area contributed by atoms with Crippen molar-refractivity contribution < 1.29 is 13.9 Å². The first-order valence-electron chi connectivity index (χ1n) is 5.25. The number of carbonyl (C=O) groups is 1. The summed E-state index contributed by atoms with van der Waals surface area (Å²) in [6.07, 6.45) is -0.917. The zero-order valence-corrected chi connectivity index (χ0v) is 12.6. The fraction of sp³-hybridized carbons (Fsp3) is 0.417. The van der Waals surface area contributed by atoms with Crippen molar-refractivity contribution in [1.82, 2.24) is 5.32 Å². The average molecular weight is 339 g/mol. The summed E-state index contributed by atoms with van der Waals surface area (Å²) in [4.78, 5) is 11.5. The summed E-state index contributed by atoms with van der Waals surface area (Å²) < 4.78 is 19.8. The second-order valence-corrected chi connectivity index (χ2v) is 6.15. The Balaban J connectivity index is 2.79. The molecule has 1 atom stereocenters. The van der Waals surface area contributed by atoms with Crippen LogP contribution in [0.4, 0.5) is 9.18 Å². The molecule has 0 saturated heterocycles. The van der Waals surface area contributed by atoms with Crippen LogP contribution in [-0.2, 0) is 9.99 Å². The van der Waals surface area contributed by atoms with Crippen molar-refractivity contribution in [3.05, 3.63) is 34.3 Å². The molecule has 0 aliphatic carbocycles. The second kappa shape index (κ2) is 5.45. The first-order chi connectivity index (χ1) is 8.10. The van der Waals surface area contributed by atoms with Crippen LogP contribution < -0.4 is 5.32 Å². The number of amides is 1. The zero-order valence-electron chi connectivity index (χ0n) is 10.3. The van der Waals surface area contributed by atoms with Crippen LogP contribution in [0.5, 0.6) is 0 Å². The summed E-state index contributed by atoms with van der Waals surface area (Å²) >= 11 is 8.86. The Morgan fingerprint density at radius 2 is 2.06 bits per heavy atom. The fourth-order valence-corrected chi connectivity index (χ4v) is 1.78. The Labute approximate surface area is 119 Å². The molecule has 0 heterocycles. The van der Waals surface area contributed by atoms with Gasteiger partial charge in [-0.05, 0) is 32.9 Å². The molecule has 0 radical (unpaired) electrons. The van der Waals surface area contributed by atoms with Gasteiger partial charge in [-0.3, -0.25) is 5.32 Å². The average Bonchev–Trinajstić information content (AvgIpc) is 2.13. The molecule has 18 heavy (non-hydrogen) atoms. The molecule has 1 unspecified atom stereocenters. The first-order valence-corrected chi connectivity index (χ1v) is 6.42. The monoisotopic (exact) mass is 337 g/mol. The Morgan fingerprint density at radius 1 is 1.44 bits per heavy atom. The van der Waals surface area contributed by atoms with Gasteiger partial charge in [-0.1, -0.05) is 39.7 Å². The molecule has 0 fully saturated rings. The molecule has 0 aliphatic heterocycles. The van der Waals surface area contributed by atoms with Crippen molar-refractivity contribution in [3.63, 3.8) is 0 Å². The quantitative estimate of drug-likeness (QED) is 0.645. The number of nitrogens with one attached hydrogen (secondary N) is 1. The van der Waals surface area contributed by atoms with E-state index in [0.29, 0.717) is 4.47 Å². The van der Waals surface area contributed by atoms with Gasteiger partial charge < -0.3 is 4.74 Å². The summed E-state index contributed by atoms with van der Waals surface area (Å²) in [5.41, 5.74) is -0.599. The minimum atomic E-state index is -2.51. The van der Waals surface area contributed by atoms with E-state index in [9.17, 15) is 9.18 Å². The lowest BCUT2D eigenvalue weighted by Gasteiger charge is -2.24. The van der Waals surface area contributed by atoms with E-state index in [1.165, 1.54) is 12.1 Å². The van der Waals surface area contributed by atoms with Crippen molar-refractivity contribution in [1.29, 1.82) is 0 Å². The maximum absolute atomic E-state index is 14.2. The van der Waals surface area contributed by atoms with E-state index in [1.807, 2.05) is 5.32 Å². The highest BCUT2D eigenvalue weighted by Crippen LogP contribution is 2.29. The molecule has 0 bridgehead atoms. The Kier molecular flexibility index (Phi) is 4.61. The summed E-state index contributed by atoms with van der Waals surface area (Å²) in [5, 5.41) is -0.535. The van der Waals surface area contributed by atoms with Crippen LogP contribution in [0, 0.1) is 0 Å². The van der Waals surface area contributed by atoms with Crippen molar-refractivity contribution in [2.24, 2.45) is 0 Å². The molecule has 0 spiro atoms. The Bertz CT molecular complexity index is 446. The minimum absolute atomic E-state index is 0.115. The zero-order chi connectivity index (χ0) is 14.0. The first kappa shape index (κ1) is 15.2. The molecular weight excluding hydrogens is 324 g/mol. The van der Waals surface area contributed by atoms with Crippen LogP contribution in [0.2, 0.25) is 0 Å². The van der Waals surface area contributed by atoms with Gasteiger partial charge >= 0.3 is 6.09 Å². The number of hydrogen-bond donors (Lipinski definition) is 1. The van der Waals surface area contributed by atoms with E-state index in [1.54, 1.807) is 32.9 Å². The van der Waals surface area contributed by atoms with Gasteiger partial charge in [0.25, 0.3) is 5.25 Å². The molecule has 3 nitrogen and oxygen atoms in total. The highest BCUT2D eigenvalue weighted by atomic mass is 79.9. The maximum atomic E-state index is 14.2. The maximum Gasteiger partial charge on any atom is 0.411 e. The Morgan fingerprint density at radius 3 is 2.56 bits per heavy atom. The van der Waals surface area contributed by atoms with Gasteiger partial charge in [-0.15, -0.1) is 0 Å². The molecule has 1 rings (SSSR count).